The van der Waals surface area contributed by atoms with Gasteiger partial charge in [-0.05, 0) is 61.7 Å². The largest absolute Gasteiger partial charge is 0.325 e. The minimum Gasteiger partial charge on any atom is -0.325 e. The Bertz CT molecular complexity index is 1020. The van der Waals surface area contributed by atoms with E-state index in [-0.39, 0.29) is 12.5 Å². The van der Waals surface area contributed by atoms with Crippen LogP contribution in [0.1, 0.15) is 16.7 Å². The fourth-order valence-electron chi connectivity index (χ4n) is 3.29. The quantitative estimate of drug-likeness (QED) is 0.782. The first-order chi connectivity index (χ1) is 13.7. The Hall–Kier alpha value is -1.93. The summed E-state index contributed by atoms with van der Waals surface area (Å²) in [7, 11) is -3.52. The lowest BCUT2D eigenvalue weighted by Gasteiger charge is -2.33. The van der Waals surface area contributed by atoms with Gasteiger partial charge >= 0.3 is 0 Å². The zero-order valence-corrected chi connectivity index (χ0v) is 18.5. The number of carbonyl (C=O) groups is 1. The maximum absolute atomic E-state index is 12.9. The lowest BCUT2D eigenvalue weighted by atomic mass is 10.1. The Kier molecular flexibility index (Phi) is 6.63. The molecule has 0 aromatic heterocycles. The summed E-state index contributed by atoms with van der Waals surface area (Å²) in [4.78, 5) is 14.7. The van der Waals surface area contributed by atoms with Gasteiger partial charge in [0.15, 0.2) is 0 Å². The first-order valence-corrected chi connectivity index (χ1v) is 11.3. The Morgan fingerprint density at radius 1 is 1.03 bits per heavy atom. The minimum absolute atomic E-state index is 0.138. The number of sulfonamides is 1. The monoisotopic (exact) mass is 435 g/mol. The Balaban J connectivity index is 1.58. The molecule has 1 saturated heterocycles. The van der Waals surface area contributed by atoms with Crippen molar-refractivity contribution in [2.75, 3.05) is 38.0 Å². The number of piperazine rings is 1. The zero-order chi connectivity index (χ0) is 21.2. The molecule has 6 nitrogen and oxygen atoms in total. The Morgan fingerprint density at radius 3 is 2.38 bits per heavy atom. The Morgan fingerprint density at radius 2 is 1.72 bits per heavy atom. The first kappa shape index (κ1) is 21.8. The molecule has 0 spiro atoms. The summed E-state index contributed by atoms with van der Waals surface area (Å²) in [5.74, 6) is -0.138. The van der Waals surface area contributed by atoms with Crippen molar-refractivity contribution in [3.63, 3.8) is 0 Å². The van der Waals surface area contributed by atoms with Crippen LogP contribution in [0.4, 0.5) is 5.69 Å². The molecule has 1 fully saturated rings. The number of amides is 1. The van der Waals surface area contributed by atoms with Gasteiger partial charge in [0.1, 0.15) is 0 Å². The van der Waals surface area contributed by atoms with E-state index in [4.69, 9.17) is 11.6 Å². The number of halogens is 1. The molecule has 1 N–H and O–H groups in total. The summed E-state index contributed by atoms with van der Waals surface area (Å²) in [6.45, 7) is 7.67. The molecule has 2 aromatic rings. The van der Waals surface area contributed by atoms with Crippen LogP contribution in [0.3, 0.4) is 0 Å². The average Bonchev–Trinajstić information content (AvgIpc) is 2.68. The predicted octanol–water partition coefficient (Wildman–Crippen LogP) is 3.21. The molecule has 29 heavy (non-hydrogen) atoms. The molecule has 8 heteroatoms. The maximum Gasteiger partial charge on any atom is 0.243 e. The van der Waals surface area contributed by atoms with Crippen LogP contribution in [0.15, 0.2) is 41.3 Å². The van der Waals surface area contributed by atoms with Crippen molar-refractivity contribution in [3.8, 4) is 0 Å². The number of rotatable bonds is 5. The molecule has 2 aromatic carbocycles. The van der Waals surface area contributed by atoms with Crippen LogP contribution in [0.5, 0.6) is 0 Å². The summed E-state index contributed by atoms with van der Waals surface area (Å²) in [5.41, 5.74) is 3.54. The molecule has 0 radical (unpaired) electrons. The van der Waals surface area contributed by atoms with Gasteiger partial charge in [-0.3, -0.25) is 9.69 Å². The fraction of sp³-hybridized carbons (Fsp3) is 0.381. The lowest BCUT2D eigenvalue weighted by molar-refractivity contribution is -0.117. The third-order valence-electron chi connectivity index (χ3n) is 5.36. The van der Waals surface area contributed by atoms with E-state index in [2.05, 4.69) is 5.32 Å². The highest BCUT2D eigenvalue weighted by molar-refractivity contribution is 7.89. The van der Waals surface area contributed by atoms with Gasteiger partial charge in [-0.1, -0.05) is 23.7 Å². The molecule has 1 aliphatic heterocycles. The molecule has 0 unspecified atom stereocenters. The number of nitrogens with one attached hydrogen (secondary N) is 1. The summed E-state index contributed by atoms with van der Waals surface area (Å²) in [6, 6.07) is 10.6. The molecule has 1 aliphatic rings. The normalized spacial score (nSPS) is 16.0. The topological polar surface area (TPSA) is 69.7 Å². The zero-order valence-electron chi connectivity index (χ0n) is 16.9. The van der Waals surface area contributed by atoms with E-state index in [1.807, 2.05) is 37.8 Å². The van der Waals surface area contributed by atoms with Gasteiger partial charge < -0.3 is 5.32 Å². The lowest BCUT2D eigenvalue weighted by Crippen LogP contribution is -2.50. The number of aryl methyl sites for hydroxylation is 2. The molecule has 0 atom stereocenters. The second kappa shape index (κ2) is 8.83. The summed E-state index contributed by atoms with van der Waals surface area (Å²) < 4.78 is 27.3. The predicted molar refractivity (Wildman–Crippen MR) is 116 cm³/mol. The van der Waals surface area contributed by atoms with E-state index in [9.17, 15) is 13.2 Å². The van der Waals surface area contributed by atoms with Crippen LogP contribution in [-0.2, 0) is 14.8 Å². The van der Waals surface area contributed by atoms with Gasteiger partial charge in [0.05, 0.1) is 11.4 Å². The highest BCUT2D eigenvalue weighted by Gasteiger charge is 2.29. The van der Waals surface area contributed by atoms with Crippen molar-refractivity contribution in [2.45, 2.75) is 25.7 Å². The van der Waals surface area contributed by atoms with Crippen molar-refractivity contribution >= 4 is 33.2 Å². The standard InChI is InChI=1S/C21H26ClN3O3S/c1-15-7-8-18(13-16(15)2)29(27,28)25-11-9-24(10-12-25)14-21(26)23-20-6-4-5-19(22)17(20)3/h4-8,13H,9-12,14H2,1-3H3,(H,23,26). The van der Waals surface area contributed by atoms with Crippen molar-refractivity contribution < 1.29 is 13.2 Å². The third kappa shape index (κ3) is 4.98. The van der Waals surface area contributed by atoms with Crippen LogP contribution < -0.4 is 5.32 Å². The van der Waals surface area contributed by atoms with E-state index in [1.165, 1.54) is 4.31 Å². The molecule has 1 amide bonds. The molecule has 1 heterocycles. The van der Waals surface area contributed by atoms with Gasteiger partial charge in [-0.25, -0.2) is 8.42 Å². The number of anilines is 1. The molecule has 0 bridgehead atoms. The second-order valence-electron chi connectivity index (χ2n) is 7.39. The van der Waals surface area contributed by atoms with E-state index >= 15 is 0 Å². The van der Waals surface area contributed by atoms with Gasteiger partial charge in [0.25, 0.3) is 0 Å². The number of hydrogen-bond donors (Lipinski definition) is 1. The fourth-order valence-corrected chi connectivity index (χ4v) is 4.97. The van der Waals surface area contributed by atoms with Crippen LogP contribution in [-0.4, -0.2) is 56.3 Å². The molecule has 3 rings (SSSR count). The van der Waals surface area contributed by atoms with Gasteiger partial charge in [-0.15, -0.1) is 0 Å². The van der Waals surface area contributed by atoms with Crippen LogP contribution in [0, 0.1) is 20.8 Å². The number of benzene rings is 2. The molecular formula is C21H26ClN3O3S. The number of carbonyl (C=O) groups excluding carboxylic acids is 1. The van der Waals surface area contributed by atoms with Crippen LogP contribution in [0.25, 0.3) is 0 Å². The minimum atomic E-state index is -3.52. The molecular weight excluding hydrogens is 410 g/mol. The highest BCUT2D eigenvalue weighted by atomic mass is 35.5. The highest BCUT2D eigenvalue weighted by Crippen LogP contribution is 2.23. The van der Waals surface area contributed by atoms with Crippen molar-refractivity contribution in [1.29, 1.82) is 0 Å². The second-order valence-corrected chi connectivity index (χ2v) is 9.73. The van der Waals surface area contributed by atoms with Gasteiger partial charge in [0, 0.05) is 36.9 Å². The van der Waals surface area contributed by atoms with E-state index in [0.717, 1.165) is 16.7 Å². The van der Waals surface area contributed by atoms with Crippen molar-refractivity contribution in [1.82, 2.24) is 9.21 Å². The van der Waals surface area contributed by atoms with Gasteiger partial charge in [-0.2, -0.15) is 4.31 Å². The third-order valence-corrected chi connectivity index (χ3v) is 7.66. The van der Waals surface area contributed by atoms with Crippen LogP contribution in [0.2, 0.25) is 5.02 Å². The summed E-state index contributed by atoms with van der Waals surface area (Å²) in [6.07, 6.45) is 0. The van der Waals surface area contributed by atoms with E-state index in [1.54, 1.807) is 24.3 Å². The molecule has 0 saturated carbocycles. The van der Waals surface area contributed by atoms with Crippen molar-refractivity contribution in [2.24, 2.45) is 0 Å². The molecule has 156 valence electrons. The SMILES string of the molecule is Cc1ccc(S(=O)(=O)N2CCN(CC(=O)Nc3cccc(Cl)c3C)CC2)cc1C. The Labute approximate surface area is 177 Å². The van der Waals surface area contributed by atoms with Crippen LogP contribution >= 0.6 is 11.6 Å². The van der Waals surface area contributed by atoms with Crippen molar-refractivity contribution in [3.05, 3.63) is 58.1 Å². The summed E-state index contributed by atoms with van der Waals surface area (Å²) in [5, 5.41) is 3.48. The smallest absolute Gasteiger partial charge is 0.243 e. The first-order valence-electron chi connectivity index (χ1n) is 9.53. The average molecular weight is 436 g/mol. The summed E-state index contributed by atoms with van der Waals surface area (Å²) >= 11 is 6.09. The van der Waals surface area contributed by atoms with Gasteiger partial charge in [0.2, 0.25) is 15.9 Å². The number of hydrogen-bond acceptors (Lipinski definition) is 4. The van der Waals surface area contributed by atoms with E-state index in [0.29, 0.717) is 41.8 Å². The molecule has 0 aliphatic carbocycles. The number of nitrogens with zero attached hydrogens (tertiary/aromatic N) is 2. The maximum atomic E-state index is 12.9. The van der Waals surface area contributed by atoms with E-state index < -0.39 is 10.0 Å².